The van der Waals surface area contributed by atoms with Gasteiger partial charge in [0.25, 0.3) is 0 Å². The number of amides is 2. The molecule has 1 aromatic carbocycles. The predicted octanol–water partition coefficient (Wildman–Crippen LogP) is 3.94. The van der Waals surface area contributed by atoms with E-state index in [0.717, 1.165) is 10.6 Å². The third kappa shape index (κ3) is 3.66. The summed E-state index contributed by atoms with van der Waals surface area (Å²) in [6.45, 7) is 3.37. The van der Waals surface area contributed by atoms with Gasteiger partial charge in [0.1, 0.15) is 13.2 Å². The van der Waals surface area contributed by atoms with Crippen LogP contribution >= 0.6 is 22.7 Å². The van der Waals surface area contributed by atoms with Gasteiger partial charge in [-0.15, -0.1) is 22.7 Å². The van der Waals surface area contributed by atoms with E-state index in [1.54, 1.807) is 28.4 Å². The van der Waals surface area contributed by atoms with E-state index in [2.05, 4.69) is 10.3 Å². The monoisotopic (exact) mass is 441 g/mol. The first kappa shape index (κ1) is 19.1. The van der Waals surface area contributed by atoms with Gasteiger partial charge in [-0.3, -0.25) is 9.59 Å². The minimum atomic E-state index is -0.429. The van der Waals surface area contributed by atoms with E-state index in [9.17, 15) is 9.59 Å². The number of thiazole rings is 1. The normalized spacial score (nSPS) is 18.0. The van der Waals surface area contributed by atoms with Crippen LogP contribution in [0.25, 0.3) is 10.6 Å². The van der Waals surface area contributed by atoms with Crippen LogP contribution in [0.2, 0.25) is 0 Å². The molecule has 2 aromatic heterocycles. The number of ether oxygens (including phenoxy) is 2. The Morgan fingerprint density at radius 1 is 1.20 bits per heavy atom. The van der Waals surface area contributed by atoms with Crippen LogP contribution in [0.4, 0.5) is 10.8 Å². The van der Waals surface area contributed by atoms with Gasteiger partial charge in [0.15, 0.2) is 16.6 Å². The summed E-state index contributed by atoms with van der Waals surface area (Å²) in [6, 6.07) is 9.49. The number of nitrogens with one attached hydrogen (secondary N) is 1. The standard InChI is InChI=1S/C21H19N3O4S2/c1-12-2-5-18(30-12)15-11-29-21(22-15)23-20(26)13-8-19(25)24(10-13)14-3-4-16-17(9-14)28-7-6-27-16/h2-5,9,11,13H,6-8,10H2,1H3,(H,22,23,26). The molecule has 154 valence electrons. The highest BCUT2D eigenvalue weighted by atomic mass is 32.1. The SMILES string of the molecule is Cc1ccc(-c2csc(NC(=O)C3CC(=O)N(c4ccc5c(c4)OCCO5)C3)n2)s1. The summed E-state index contributed by atoms with van der Waals surface area (Å²) >= 11 is 3.06. The highest BCUT2D eigenvalue weighted by Crippen LogP contribution is 2.36. The van der Waals surface area contributed by atoms with Gasteiger partial charge < -0.3 is 19.7 Å². The molecule has 2 aliphatic heterocycles. The number of fused-ring (bicyclic) bond motifs is 1. The maximum absolute atomic E-state index is 12.8. The van der Waals surface area contributed by atoms with Crippen molar-refractivity contribution in [1.82, 2.24) is 4.98 Å². The third-order valence-electron chi connectivity index (χ3n) is 5.06. The third-order valence-corrected chi connectivity index (χ3v) is 6.84. The average molecular weight is 442 g/mol. The van der Waals surface area contributed by atoms with E-state index in [4.69, 9.17) is 9.47 Å². The Morgan fingerprint density at radius 3 is 2.83 bits per heavy atom. The van der Waals surface area contributed by atoms with Crippen molar-refractivity contribution in [2.24, 2.45) is 5.92 Å². The Balaban J connectivity index is 1.26. The van der Waals surface area contributed by atoms with Gasteiger partial charge in [0, 0.05) is 35.0 Å². The Kier molecular flexibility index (Phi) is 4.92. The number of aryl methyl sites for hydroxylation is 1. The number of benzene rings is 1. The molecule has 9 heteroatoms. The number of rotatable bonds is 4. The van der Waals surface area contributed by atoms with Gasteiger partial charge >= 0.3 is 0 Å². The second-order valence-corrected chi connectivity index (χ2v) is 9.32. The van der Waals surface area contributed by atoms with Crippen LogP contribution < -0.4 is 19.7 Å². The van der Waals surface area contributed by atoms with Crippen LogP contribution in [-0.4, -0.2) is 36.6 Å². The van der Waals surface area contributed by atoms with E-state index < -0.39 is 5.92 Å². The lowest BCUT2D eigenvalue weighted by Crippen LogP contribution is -2.28. The summed E-state index contributed by atoms with van der Waals surface area (Å²) in [5.41, 5.74) is 1.57. The van der Waals surface area contributed by atoms with Crippen molar-refractivity contribution in [3.63, 3.8) is 0 Å². The molecular formula is C21H19N3O4S2. The lowest BCUT2D eigenvalue weighted by Gasteiger charge is -2.22. The molecule has 4 heterocycles. The summed E-state index contributed by atoms with van der Waals surface area (Å²) in [6.07, 6.45) is 0.169. The second kappa shape index (κ2) is 7.73. The molecule has 1 atom stereocenters. The molecule has 1 saturated heterocycles. The second-order valence-electron chi connectivity index (χ2n) is 7.17. The van der Waals surface area contributed by atoms with Gasteiger partial charge in [-0.05, 0) is 31.2 Å². The summed E-state index contributed by atoms with van der Waals surface area (Å²) in [5.74, 6) is 0.597. The molecule has 2 amide bonds. The summed E-state index contributed by atoms with van der Waals surface area (Å²) in [4.78, 5) is 33.8. The molecule has 1 N–H and O–H groups in total. The molecule has 1 unspecified atom stereocenters. The van der Waals surface area contributed by atoms with Crippen LogP contribution in [0, 0.1) is 12.8 Å². The lowest BCUT2D eigenvalue weighted by molar-refractivity contribution is -0.122. The van der Waals surface area contributed by atoms with Crippen molar-refractivity contribution in [2.75, 3.05) is 30.0 Å². The zero-order chi connectivity index (χ0) is 20.7. The molecule has 0 radical (unpaired) electrons. The van der Waals surface area contributed by atoms with E-state index in [1.165, 1.54) is 16.2 Å². The van der Waals surface area contributed by atoms with Gasteiger partial charge in [0.05, 0.1) is 16.5 Å². The molecule has 0 bridgehead atoms. The fraction of sp³-hybridized carbons (Fsp3) is 0.286. The minimum absolute atomic E-state index is 0.0827. The zero-order valence-corrected chi connectivity index (χ0v) is 17.8. The highest BCUT2D eigenvalue weighted by Gasteiger charge is 2.36. The Hall–Kier alpha value is -2.91. The van der Waals surface area contributed by atoms with Crippen molar-refractivity contribution < 1.29 is 19.1 Å². The first-order valence-electron chi connectivity index (χ1n) is 9.60. The minimum Gasteiger partial charge on any atom is -0.486 e. The van der Waals surface area contributed by atoms with E-state index in [-0.39, 0.29) is 18.2 Å². The number of hydrogen-bond donors (Lipinski definition) is 1. The molecule has 1 fully saturated rings. The van der Waals surface area contributed by atoms with Crippen LogP contribution in [0.15, 0.2) is 35.7 Å². The zero-order valence-electron chi connectivity index (χ0n) is 16.2. The van der Waals surface area contributed by atoms with Gasteiger partial charge in [-0.2, -0.15) is 0 Å². The average Bonchev–Trinajstić information content (AvgIpc) is 3.47. The first-order chi connectivity index (χ1) is 14.6. The van der Waals surface area contributed by atoms with Crippen molar-refractivity contribution >= 4 is 45.3 Å². The van der Waals surface area contributed by atoms with Crippen molar-refractivity contribution in [2.45, 2.75) is 13.3 Å². The highest BCUT2D eigenvalue weighted by molar-refractivity contribution is 7.17. The topological polar surface area (TPSA) is 80.8 Å². The molecule has 0 spiro atoms. The van der Waals surface area contributed by atoms with Crippen LogP contribution in [0.1, 0.15) is 11.3 Å². The summed E-state index contributed by atoms with van der Waals surface area (Å²) in [7, 11) is 0. The molecular weight excluding hydrogens is 422 g/mol. The van der Waals surface area contributed by atoms with Crippen molar-refractivity contribution in [3.8, 4) is 22.1 Å². The summed E-state index contributed by atoms with van der Waals surface area (Å²) < 4.78 is 11.1. The van der Waals surface area contributed by atoms with E-state index in [1.807, 2.05) is 30.5 Å². The Labute approximate surface area is 181 Å². The smallest absolute Gasteiger partial charge is 0.231 e. The Bertz CT molecular complexity index is 1120. The maximum atomic E-state index is 12.8. The number of nitrogens with zero attached hydrogens (tertiary/aromatic N) is 2. The van der Waals surface area contributed by atoms with Crippen LogP contribution in [0.3, 0.4) is 0 Å². The fourth-order valence-corrected chi connectivity index (χ4v) is 5.17. The van der Waals surface area contributed by atoms with Crippen molar-refractivity contribution in [1.29, 1.82) is 0 Å². The number of carbonyl (C=O) groups is 2. The molecule has 7 nitrogen and oxygen atoms in total. The number of aromatic nitrogens is 1. The number of hydrogen-bond acceptors (Lipinski definition) is 7. The molecule has 3 aromatic rings. The van der Waals surface area contributed by atoms with Crippen molar-refractivity contribution in [3.05, 3.63) is 40.6 Å². The number of carbonyl (C=O) groups excluding carboxylic acids is 2. The molecule has 2 aliphatic rings. The largest absolute Gasteiger partial charge is 0.486 e. The summed E-state index contributed by atoms with van der Waals surface area (Å²) in [5, 5.41) is 5.35. The van der Waals surface area contributed by atoms with E-state index in [0.29, 0.717) is 42.1 Å². The molecule has 30 heavy (non-hydrogen) atoms. The fourth-order valence-electron chi connectivity index (χ4n) is 3.56. The first-order valence-corrected chi connectivity index (χ1v) is 11.3. The van der Waals surface area contributed by atoms with E-state index >= 15 is 0 Å². The van der Waals surface area contributed by atoms with Crippen LogP contribution in [0.5, 0.6) is 11.5 Å². The van der Waals surface area contributed by atoms with Gasteiger partial charge in [-0.25, -0.2) is 4.98 Å². The quantitative estimate of drug-likeness (QED) is 0.663. The Morgan fingerprint density at radius 2 is 2.03 bits per heavy atom. The van der Waals surface area contributed by atoms with Crippen LogP contribution in [-0.2, 0) is 9.59 Å². The molecule has 5 rings (SSSR count). The predicted molar refractivity (Wildman–Crippen MR) is 117 cm³/mol. The van der Waals surface area contributed by atoms with Gasteiger partial charge in [-0.1, -0.05) is 0 Å². The number of anilines is 2. The number of thiophene rings is 1. The lowest BCUT2D eigenvalue weighted by atomic mass is 10.1. The molecule has 0 saturated carbocycles. The maximum Gasteiger partial charge on any atom is 0.231 e. The molecule has 0 aliphatic carbocycles. The van der Waals surface area contributed by atoms with Gasteiger partial charge in [0.2, 0.25) is 11.8 Å².